The second-order valence-corrected chi connectivity index (χ2v) is 12.4. The van der Waals surface area contributed by atoms with Gasteiger partial charge in [-0.2, -0.15) is 10.5 Å². The van der Waals surface area contributed by atoms with E-state index in [9.17, 15) is 19.6 Å². The Morgan fingerprint density at radius 3 is 1.47 bits per heavy atom. The summed E-state index contributed by atoms with van der Waals surface area (Å²) in [5.41, 5.74) is 3.68. The van der Waals surface area contributed by atoms with Crippen LogP contribution in [0.25, 0.3) is 27.1 Å². The van der Waals surface area contributed by atoms with E-state index in [2.05, 4.69) is 10.8 Å². The molecule has 0 atom stereocenters. The van der Waals surface area contributed by atoms with E-state index in [0.717, 1.165) is 43.8 Å². The van der Waals surface area contributed by atoms with Crippen molar-refractivity contribution in [1.29, 1.82) is 10.5 Å². The molecule has 264 valence electrons. The standard InChI is InChI=1S/C23H19NO2.C17H12O.C6H9NO2/c1-16(2)26-23(25)21(15-24)22(18-9-4-3-5-10-18)20-13-12-17-8-6-7-11-19(17)14-20;18-17(14-7-2-1-3-8-14)16-11-10-13-6-4-5-9-15(13)12-16;1-5(2)9-6(8)3-4-7/h3-14,16H,1-2H3;1-12H;5H,3H2,1-2H3. The molecule has 0 aliphatic carbocycles. The first-order chi connectivity index (χ1) is 25.6. The number of rotatable bonds is 8. The minimum absolute atomic E-state index is 0.0141. The van der Waals surface area contributed by atoms with Crippen LogP contribution in [-0.4, -0.2) is 29.9 Å². The number of carbonyl (C=O) groups is 3. The van der Waals surface area contributed by atoms with Crippen molar-refractivity contribution in [2.45, 2.75) is 46.3 Å². The van der Waals surface area contributed by atoms with Crippen LogP contribution in [0.1, 0.15) is 61.2 Å². The molecular weight excluding hydrogens is 661 g/mol. The highest BCUT2D eigenvalue weighted by Crippen LogP contribution is 2.30. The van der Waals surface area contributed by atoms with Gasteiger partial charge in [-0.3, -0.25) is 9.59 Å². The summed E-state index contributed by atoms with van der Waals surface area (Å²) >= 11 is 0. The largest absolute Gasteiger partial charge is 0.462 e. The van der Waals surface area contributed by atoms with Crippen molar-refractivity contribution >= 4 is 44.8 Å². The lowest BCUT2D eigenvalue weighted by Crippen LogP contribution is -2.14. The minimum Gasteiger partial charge on any atom is -0.462 e. The minimum atomic E-state index is -0.602. The maximum atomic E-state index is 12.5. The van der Waals surface area contributed by atoms with Crippen molar-refractivity contribution in [3.63, 3.8) is 0 Å². The van der Waals surface area contributed by atoms with Crippen molar-refractivity contribution in [2.24, 2.45) is 0 Å². The van der Waals surface area contributed by atoms with E-state index in [1.165, 1.54) is 0 Å². The number of carbonyl (C=O) groups excluding carboxylic acids is 3. The molecule has 53 heavy (non-hydrogen) atoms. The molecule has 0 aliphatic heterocycles. The third-order valence-corrected chi connectivity index (χ3v) is 7.65. The van der Waals surface area contributed by atoms with E-state index < -0.39 is 11.9 Å². The second kappa shape index (κ2) is 19.5. The Morgan fingerprint density at radius 2 is 0.981 bits per heavy atom. The quantitative estimate of drug-likeness (QED) is 0.0671. The van der Waals surface area contributed by atoms with Gasteiger partial charge in [0.25, 0.3) is 0 Å². The summed E-state index contributed by atoms with van der Waals surface area (Å²) in [5.74, 6) is -0.983. The number of ether oxygens (including phenoxy) is 2. The van der Waals surface area contributed by atoms with Gasteiger partial charge in [0, 0.05) is 16.7 Å². The van der Waals surface area contributed by atoms with E-state index in [1.54, 1.807) is 33.8 Å². The van der Waals surface area contributed by atoms with Crippen molar-refractivity contribution in [3.8, 4) is 12.1 Å². The maximum Gasteiger partial charge on any atom is 0.349 e. The Bertz CT molecular complexity index is 2300. The maximum absolute atomic E-state index is 12.5. The fraction of sp³-hybridized carbons (Fsp3) is 0.152. The summed E-state index contributed by atoms with van der Waals surface area (Å²) in [7, 11) is 0. The van der Waals surface area contributed by atoms with E-state index >= 15 is 0 Å². The molecule has 0 aliphatic rings. The van der Waals surface area contributed by atoms with E-state index in [0.29, 0.717) is 5.57 Å². The monoisotopic (exact) mass is 700 g/mol. The van der Waals surface area contributed by atoms with Gasteiger partial charge in [-0.15, -0.1) is 0 Å². The lowest BCUT2D eigenvalue weighted by atomic mass is 9.92. The van der Waals surface area contributed by atoms with Crippen molar-refractivity contribution in [1.82, 2.24) is 0 Å². The number of fused-ring (bicyclic) bond motifs is 2. The summed E-state index contributed by atoms with van der Waals surface area (Å²) in [6, 6.07) is 50.4. The van der Waals surface area contributed by atoms with Crippen LogP contribution < -0.4 is 0 Å². The smallest absolute Gasteiger partial charge is 0.349 e. The van der Waals surface area contributed by atoms with Gasteiger partial charge >= 0.3 is 11.9 Å². The van der Waals surface area contributed by atoms with Gasteiger partial charge in [0.15, 0.2) is 5.78 Å². The molecular formula is C46H40N2O5. The third kappa shape index (κ3) is 11.3. The second-order valence-electron chi connectivity index (χ2n) is 12.4. The molecule has 0 aromatic heterocycles. The Labute approximate surface area is 310 Å². The van der Waals surface area contributed by atoms with Crippen LogP contribution in [0.4, 0.5) is 0 Å². The van der Waals surface area contributed by atoms with Crippen LogP contribution >= 0.6 is 0 Å². The van der Waals surface area contributed by atoms with Crippen LogP contribution in [0.3, 0.4) is 0 Å². The zero-order chi connectivity index (χ0) is 38.2. The SMILES string of the molecule is CC(C)OC(=O)C(C#N)=C(c1ccccc1)c1ccc2ccccc2c1.CC(C)OC(=O)CC#N.O=C(c1ccccc1)c1ccc2ccccc2c1. The summed E-state index contributed by atoms with van der Waals surface area (Å²) < 4.78 is 9.92. The van der Waals surface area contributed by atoms with Gasteiger partial charge in [0.2, 0.25) is 0 Å². The number of esters is 2. The molecule has 0 spiro atoms. The Morgan fingerprint density at radius 1 is 0.528 bits per heavy atom. The third-order valence-electron chi connectivity index (χ3n) is 7.65. The summed E-state index contributed by atoms with van der Waals surface area (Å²) in [4.78, 5) is 35.2. The zero-order valence-electron chi connectivity index (χ0n) is 30.2. The van der Waals surface area contributed by atoms with Gasteiger partial charge in [-0.1, -0.05) is 133 Å². The molecule has 7 heteroatoms. The lowest BCUT2D eigenvalue weighted by Gasteiger charge is -2.14. The number of nitriles is 2. The van der Waals surface area contributed by atoms with Gasteiger partial charge in [-0.05, 0) is 72.5 Å². The van der Waals surface area contributed by atoms with Crippen LogP contribution in [0, 0.1) is 22.7 Å². The number of benzene rings is 6. The molecule has 7 nitrogen and oxygen atoms in total. The molecule has 0 saturated carbocycles. The average molecular weight is 701 g/mol. The van der Waals surface area contributed by atoms with E-state index in [-0.39, 0.29) is 30.0 Å². The Balaban J connectivity index is 0.000000201. The summed E-state index contributed by atoms with van der Waals surface area (Å²) in [6.07, 6.45) is -0.566. The Kier molecular flexibility index (Phi) is 14.4. The van der Waals surface area contributed by atoms with Crippen LogP contribution in [0.2, 0.25) is 0 Å². The predicted octanol–water partition coefficient (Wildman–Crippen LogP) is 10.0. The van der Waals surface area contributed by atoms with Crippen LogP contribution in [0.5, 0.6) is 0 Å². The first-order valence-corrected chi connectivity index (χ1v) is 17.2. The number of hydrogen-bond acceptors (Lipinski definition) is 7. The predicted molar refractivity (Wildman–Crippen MR) is 209 cm³/mol. The average Bonchev–Trinajstić information content (AvgIpc) is 3.17. The van der Waals surface area contributed by atoms with Crippen LogP contribution in [-0.2, 0) is 19.1 Å². The summed E-state index contributed by atoms with van der Waals surface area (Å²) in [6.45, 7) is 7.03. The Hall–Kier alpha value is -6.83. The molecule has 0 radical (unpaired) electrons. The molecule has 0 unspecified atom stereocenters. The first-order valence-electron chi connectivity index (χ1n) is 17.2. The zero-order valence-corrected chi connectivity index (χ0v) is 30.2. The highest BCUT2D eigenvalue weighted by atomic mass is 16.5. The molecule has 0 bridgehead atoms. The molecule has 0 saturated heterocycles. The topological polar surface area (TPSA) is 117 Å². The van der Waals surface area contributed by atoms with Crippen LogP contribution in [0.15, 0.2) is 151 Å². The summed E-state index contributed by atoms with van der Waals surface area (Å²) in [5, 5.41) is 22.1. The van der Waals surface area contributed by atoms with Gasteiger partial charge in [0.1, 0.15) is 18.1 Å². The molecule has 0 amide bonds. The highest BCUT2D eigenvalue weighted by Gasteiger charge is 2.21. The van der Waals surface area contributed by atoms with Gasteiger partial charge < -0.3 is 9.47 Å². The fourth-order valence-electron chi connectivity index (χ4n) is 5.34. The van der Waals surface area contributed by atoms with E-state index in [4.69, 9.17) is 10.00 Å². The van der Waals surface area contributed by atoms with Crippen molar-refractivity contribution < 1.29 is 23.9 Å². The number of nitrogens with zero attached hydrogens (tertiary/aromatic N) is 2. The first kappa shape index (κ1) is 39.0. The van der Waals surface area contributed by atoms with Crippen molar-refractivity contribution in [2.75, 3.05) is 0 Å². The molecule has 6 rings (SSSR count). The highest BCUT2D eigenvalue weighted by molar-refractivity contribution is 6.10. The van der Waals surface area contributed by atoms with Gasteiger partial charge in [-0.25, -0.2) is 4.79 Å². The number of hydrogen-bond donors (Lipinski definition) is 0. The molecule has 0 fully saturated rings. The molecule has 0 N–H and O–H groups in total. The molecule has 6 aromatic rings. The molecule has 0 heterocycles. The fourth-order valence-corrected chi connectivity index (χ4v) is 5.34. The normalized spacial score (nSPS) is 10.8. The molecule has 6 aromatic carbocycles. The van der Waals surface area contributed by atoms with E-state index in [1.807, 2.05) is 146 Å². The van der Waals surface area contributed by atoms with Gasteiger partial charge in [0.05, 0.1) is 18.3 Å². The number of ketones is 1. The van der Waals surface area contributed by atoms with Crippen molar-refractivity contribution in [3.05, 3.63) is 173 Å². The lowest BCUT2D eigenvalue weighted by molar-refractivity contribution is -0.146.